The molecule has 0 amide bonds. The van der Waals surface area contributed by atoms with E-state index >= 15 is 0 Å². The zero-order chi connectivity index (χ0) is 11.5. The van der Waals surface area contributed by atoms with Crippen LogP contribution in [0, 0.1) is 5.92 Å². The van der Waals surface area contributed by atoms with Crippen molar-refractivity contribution in [1.29, 1.82) is 0 Å². The van der Waals surface area contributed by atoms with Gasteiger partial charge >= 0.3 is 0 Å². The third-order valence-electron chi connectivity index (χ3n) is 3.34. The molecule has 0 aromatic heterocycles. The van der Waals surface area contributed by atoms with Gasteiger partial charge in [-0.2, -0.15) is 0 Å². The van der Waals surface area contributed by atoms with Gasteiger partial charge in [-0.05, 0) is 48.9 Å². The van der Waals surface area contributed by atoms with Gasteiger partial charge in [0.25, 0.3) is 0 Å². The molecular weight excluding hydrogens is 241 g/mol. The molecule has 2 unspecified atom stereocenters. The van der Waals surface area contributed by atoms with Crippen LogP contribution in [0.4, 0.5) is 0 Å². The fraction of sp³-hybridized carbons (Fsp3) is 0.538. The van der Waals surface area contributed by atoms with Crippen molar-refractivity contribution in [2.45, 2.75) is 38.1 Å². The molecule has 88 valence electrons. The van der Waals surface area contributed by atoms with Crippen molar-refractivity contribution in [2.75, 3.05) is 0 Å². The molecule has 1 aliphatic rings. The molecule has 2 atom stereocenters. The Balaban J connectivity index is 2.05. The lowest BCUT2D eigenvalue weighted by molar-refractivity contribution is 0.321. The summed E-state index contributed by atoms with van der Waals surface area (Å²) in [5, 5.41) is 1.59. The molecule has 0 saturated heterocycles. The quantitative estimate of drug-likeness (QED) is 0.850. The molecule has 0 spiro atoms. The van der Waals surface area contributed by atoms with Crippen molar-refractivity contribution >= 4 is 23.2 Å². The highest BCUT2D eigenvalue weighted by Gasteiger charge is 2.20. The van der Waals surface area contributed by atoms with E-state index in [0.29, 0.717) is 12.0 Å². The lowest BCUT2D eigenvalue weighted by Gasteiger charge is -2.26. The van der Waals surface area contributed by atoms with Crippen molar-refractivity contribution < 1.29 is 0 Å². The van der Waals surface area contributed by atoms with E-state index in [1.807, 2.05) is 18.2 Å². The Morgan fingerprint density at radius 1 is 1.25 bits per heavy atom. The Labute approximate surface area is 107 Å². The number of hydrogen-bond donors (Lipinski definition) is 1. The van der Waals surface area contributed by atoms with Crippen LogP contribution in [0.2, 0.25) is 10.0 Å². The monoisotopic (exact) mass is 257 g/mol. The van der Waals surface area contributed by atoms with Crippen LogP contribution in [0.3, 0.4) is 0 Å². The average Bonchev–Trinajstić information content (AvgIpc) is 2.24. The SMILES string of the molecule is NC1CCCC(Cc2cc(Cl)ccc2Cl)C1. The van der Waals surface area contributed by atoms with Crippen LogP contribution in [-0.2, 0) is 6.42 Å². The molecule has 16 heavy (non-hydrogen) atoms. The summed E-state index contributed by atoms with van der Waals surface area (Å²) in [6.45, 7) is 0. The minimum absolute atomic E-state index is 0.372. The maximum absolute atomic E-state index is 6.16. The standard InChI is InChI=1S/C13H17Cl2N/c14-11-4-5-13(15)10(8-11)6-9-2-1-3-12(16)7-9/h4-5,8-9,12H,1-3,6-7,16H2. The summed E-state index contributed by atoms with van der Waals surface area (Å²) in [4.78, 5) is 0. The Kier molecular flexibility index (Phi) is 4.12. The van der Waals surface area contributed by atoms with Crippen LogP contribution in [-0.4, -0.2) is 6.04 Å². The Hall–Kier alpha value is -0.240. The second kappa shape index (κ2) is 5.39. The minimum Gasteiger partial charge on any atom is -0.328 e. The van der Waals surface area contributed by atoms with E-state index in [4.69, 9.17) is 28.9 Å². The van der Waals surface area contributed by atoms with E-state index in [1.54, 1.807) is 0 Å². The Bertz CT molecular complexity index is 365. The van der Waals surface area contributed by atoms with E-state index in [9.17, 15) is 0 Å². The number of hydrogen-bond acceptors (Lipinski definition) is 1. The number of rotatable bonds is 2. The van der Waals surface area contributed by atoms with E-state index < -0.39 is 0 Å². The number of nitrogens with two attached hydrogens (primary N) is 1. The van der Waals surface area contributed by atoms with Crippen LogP contribution in [0.1, 0.15) is 31.2 Å². The van der Waals surface area contributed by atoms with Gasteiger partial charge < -0.3 is 5.73 Å². The predicted octanol–water partition coefficient (Wildman–Crippen LogP) is 4.05. The highest BCUT2D eigenvalue weighted by molar-refractivity contribution is 6.33. The third kappa shape index (κ3) is 3.13. The van der Waals surface area contributed by atoms with Gasteiger partial charge in [0.2, 0.25) is 0 Å². The van der Waals surface area contributed by atoms with E-state index in [2.05, 4.69) is 0 Å². The zero-order valence-corrected chi connectivity index (χ0v) is 10.8. The molecule has 1 aliphatic carbocycles. The van der Waals surface area contributed by atoms with Gasteiger partial charge in [0.05, 0.1) is 0 Å². The van der Waals surface area contributed by atoms with Gasteiger partial charge in [0, 0.05) is 16.1 Å². The second-order valence-corrected chi connectivity index (χ2v) is 5.58. The molecule has 1 aromatic carbocycles. The van der Waals surface area contributed by atoms with Crippen molar-refractivity contribution in [3.05, 3.63) is 33.8 Å². The number of benzene rings is 1. The van der Waals surface area contributed by atoms with Crippen LogP contribution in [0.25, 0.3) is 0 Å². The van der Waals surface area contributed by atoms with Crippen molar-refractivity contribution in [1.82, 2.24) is 0 Å². The average molecular weight is 258 g/mol. The first-order valence-corrected chi connectivity index (χ1v) is 6.60. The van der Waals surface area contributed by atoms with Crippen LogP contribution >= 0.6 is 23.2 Å². The third-order valence-corrected chi connectivity index (χ3v) is 3.94. The molecule has 2 N–H and O–H groups in total. The molecule has 2 rings (SSSR count). The Morgan fingerprint density at radius 3 is 2.81 bits per heavy atom. The normalized spacial score (nSPS) is 25.7. The fourth-order valence-corrected chi connectivity index (χ4v) is 2.92. The van der Waals surface area contributed by atoms with Gasteiger partial charge in [-0.15, -0.1) is 0 Å². The first-order valence-electron chi connectivity index (χ1n) is 5.84. The van der Waals surface area contributed by atoms with Crippen molar-refractivity contribution in [2.24, 2.45) is 11.7 Å². The second-order valence-electron chi connectivity index (χ2n) is 4.73. The summed E-state index contributed by atoms with van der Waals surface area (Å²) >= 11 is 12.1. The van der Waals surface area contributed by atoms with Crippen molar-refractivity contribution in [3.63, 3.8) is 0 Å². The molecule has 0 bridgehead atoms. The highest BCUT2D eigenvalue weighted by atomic mass is 35.5. The molecule has 1 fully saturated rings. The van der Waals surface area contributed by atoms with Gasteiger partial charge in [-0.1, -0.05) is 36.0 Å². The molecule has 0 aliphatic heterocycles. The van der Waals surface area contributed by atoms with E-state index in [0.717, 1.165) is 28.5 Å². The lowest BCUT2D eigenvalue weighted by Crippen LogP contribution is -2.28. The largest absolute Gasteiger partial charge is 0.328 e. The molecule has 1 saturated carbocycles. The van der Waals surface area contributed by atoms with Crippen LogP contribution < -0.4 is 5.73 Å². The van der Waals surface area contributed by atoms with E-state index in [-0.39, 0.29) is 0 Å². The summed E-state index contributed by atoms with van der Waals surface area (Å²) in [6, 6.07) is 6.06. The van der Waals surface area contributed by atoms with Gasteiger partial charge in [0.15, 0.2) is 0 Å². The summed E-state index contributed by atoms with van der Waals surface area (Å²) in [5.74, 6) is 0.666. The first-order chi connectivity index (χ1) is 7.65. The molecule has 0 radical (unpaired) electrons. The molecule has 0 heterocycles. The Morgan fingerprint density at radius 2 is 2.06 bits per heavy atom. The summed E-state index contributed by atoms with van der Waals surface area (Å²) in [7, 11) is 0. The molecular formula is C13H17Cl2N. The van der Waals surface area contributed by atoms with Crippen molar-refractivity contribution in [3.8, 4) is 0 Å². The van der Waals surface area contributed by atoms with Gasteiger partial charge in [-0.25, -0.2) is 0 Å². The summed E-state index contributed by atoms with van der Waals surface area (Å²) < 4.78 is 0. The van der Waals surface area contributed by atoms with E-state index in [1.165, 1.54) is 19.3 Å². The maximum atomic E-state index is 6.16. The fourth-order valence-electron chi connectivity index (χ4n) is 2.53. The maximum Gasteiger partial charge on any atom is 0.0439 e. The highest BCUT2D eigenvalue weighted by Crippen LogP contribution is 2.30. The lowest BCUT2D eigenvalue weighted by atomic mass is 9.82. The topological polar surface area (TPSA) is 26.0 Å². The number of halogens is 2. The zero-order valence-electron chi connectivity index (χ0n) is 9.26. The first kappa shape index (κ1) is 12.2. The van der Waals surface area contributed by atoms with Crippen LogP contribution in [0.5, 0.6) is 0 Å². The molecule has 1 nitrogen and oxygen atoms in total. The molecule has 3 heteroatoms. The minimum atomic E-state index is 0.372. The smallest absolute Gasteiger partial charge is 0.0439 e. The predicted molar refractivity (Wildman–Crippen MR) is 70.1 cm³/mol. The molecule has 1 aromatic rings. The van der Waals surface area contributed by atoms with Crippen LogP contribution in [0.15, 0.2) is 18.2 Å². The summed E-state index contributed by atoms with van der Waals surface area (Å²) in [5.41, 5.74) is 7.15. The summed E-state index contributed by atoms with van der Waals surface area (Å²) in [6.07, 6.45) is 5.79. The van der Waals surface area contributed by atoms with Gasteiger partial charge in [0.1, 0.15) is 0 Å². The van der Waals surface area contributed by atoms with Gasteiger partial charge in [-0.3, -0.25) is 0 Å².